The van der Waals surface area contributed by atoms with Gasteiger partial charge in [-0.05, 0) is 18.2 Å². The molecule has 0 N–H and O–H groups in total. The lowest BCUT2D eigenvalue weighted by Gasteiger charge is -2.16. The van der Waals surface area contributed by atoms with Gasteiger partial charge >= 0.3 is 5.97 Å². The molecule has 1 aromatic carbocycles. The van der Waals surface area contributed by atoms with E-state index in [-0.39, 0.29) is 18.1 Å². The van der Waals surface area contributed by atoms with Crippen LogP contribution in [0.3, 0.4) is 0 Å². The molecule has 19 heavy (non-hydrogen) atoms. The summed E-state index contributed by atoms with van der Waals surface area (Å²) in [5.41, 5.74) is 1.03. The highest BCUT2D eigenvalue weighted by Gasteiger charge is 2.15. The van der Waals surface area contributed by atoms with Gasteiger partial charge in [0.05, 0.1) is 11.8 Å². The van der Waals surface area contributed by atoms with Crippen molar-refractivity contribution in [3.05, 3.63) is 54.5 Å². The summed E-state index contributed by atoms with van der Waals surface area (Å²) in [6.45, 7) is -0.310. The summed E-state index contributed by atoms with van der Waals surface area (Å²) in [4.78, 5) is 24.8. The van der Waals surface area contributed by atoms with E-state index in [0.717, 1.165) is 5.69 Å². The minimum Gasteiger partial charge on any atom is -0.472 e. The minimum absolute atomic E-state index is 0.287. The van der Waals surface area contributed by atoms with Crippen LogP contribution in [0.4, 0.5) is 5.69 Å². The molecule has 1 amide bonds. The van der Waals surface area contributed by atoms with Crippen molar-refractivity contribution in [1.82, 2.24) is 0 Å². The quantitative estimate of drug-likeness (QED) is 0.789. The van der Waals surface area contributed by atoms with E-state index in [1.807, 2.05) is 18.2 Å². The minimum atomic E-state index is -0.580. The highest BCUT2D eigenvalue weighted by molar-refractivity contribution is 5.96. The molecule has 0 saturated carbocycles. The van der Waals surface area contributed by atoms with E-state index in [9.17, 15) is 9.59 Å². The van der Waals surface area contributed by atoms with Crippen molar-refractivity contribution < 1.29 is 18.7 Å². The van der Waals surface area contributed by atoms with Crippen LogP contribution in [-0.4, -0.2) is 25.5 Å². The number of esters is 1. The second kappa shape index (κ2) is 5.86. The van der Waals surface area contributed by atoms with Crippen molar-refractivity contribution in [1.29, 1.82) is 0 Å². The number of hydrogen-bond donors (Lipinski definition) is 0. The van der Waals surface area contributed by atoms with Gasteiger partial charge in [-0.2, -0.15) is 0 Å². The molecule has 0 aliphatic rings. The third kappa shape index (κ3) is 3.22. The normalized spacial score (nSPS) is 9.95. The summed E-state index contributed by atoms with van der Waals surface area (Å²) in [7, 11) is 1.63. The Kier molecular flexibility index (Phi) is 3.97. The lowest BCUT2D eigenvalue weighted by Crippen LogP contribution is -2.31. The van der Waals surface area contributed by atoms with E-state index in [4.69, 9.17) is 9.15 Å². The van der Waals surface area contributed by atoms with Gasteiger partial charge in [-0.3, -0.25) is 4.79 Å². The van der Waals surface area contributed by atoms with Crippen LogP contribution < -0.4 is 4.90 Å². The zero-order chi connectivity index (χ0) is 13.7. The number of carbonyl (C=O) groups excluding carboxylic acids is 2. The van der Waals surface area contributed by atoms with Gasteiger partial charge in [-0.1, -0.05) is 18.2 Å². The summed E-state index contributed by atoms with van der Waals surface area (Å²) in [6, 6.07) is 10.6. The maximum Gasteiger partial charge on any atom is 0.341 e. The number of para-hydroxylation sites is 1. The van der Waals surface area contributed by atoms with Crippen LogP contribution in [0.15, 0.2) is 53.3 Å². The van der Waals surface area contributed by atoms with Gasteiger partial charge in [-0.25, -0.2) is 4.79 Å². The number of nitrogens with zero attached hydrogens (tertiary/aromatic N) is 1. The topological polar surface area (TPSA) is 59.8 Å². The molecule has 0 aliphatic heterocycles. The molecule has 5 heteroatoms. The van der Waals surface area contributed by atoms with E-state index in [1.165, 1.54) is 23.5 Å². The number of rotatable bonds is 4. The Hall–Kier alpha value is -2.56. The zero-order valence-corrected chi connectivity index (χ0v) is 10.4. The summed E-state index contributed by atoms with van der Waals surface area (Å²) < 4.78 is 9.66. The lowest BCUT2D eigenvalue weighted by molar-refractivity contribution is -0.121. The molecule has 0 radical (unpaired) electrons. The Balaban J connectivity index is 1.90. The predicted molar refractivity (Wildman–Crippen MR) is 68.8 cm³/mol. The van der Waals surface area contributed by atoms with Gasteiger partial charge in [0.25, 0.3) is 5.91 Å². The van der Waals surface area contributed by atoms with E-state index < -0.39 is 5.97 Å². The van der Waals surface area contributed by atoms with Crippen LogP contribution in [0.1, 0.15) is 10.4 Å². The van der Waals surface area contributed by atoms with Gasteiger partial charge in [0.1, 0.15) is 6.26 Å². The highest BCUT2D eigenvalue weighted by atomic mass is 16.5. The Morgan fingerprint density at radius 1 is 1.21 bits per heavy atom. The van der Waals surface area contributed by atoms with Crippen molar-refractivity contribution in [2.75, 3.05) is 18.6 Å². The molecule has 0 fully saturated rings. The van der Waals surface area contributed by atoms with Crippen molar-refractivity contribution >= 4 is 17.6 Å². The van der Waals surface area contributed by atoms with Crippen molar-refractivity contribution in [3.8, 4) is 0 Å². The Morgan fingerprint density at radius 3 is 2.58 bits per heavy atom. The molecule has 0 spiro atoms. The molecule has 1 aromatic heterocycles. The summed E-state index contributed by atoms with van der Waals surface area (Å²) >= 11 is 0. The Labute approximate surface area is 110 Å². The predicted octanol–water partition coefficient (Wildman–Crippen LogP) is 2.10. The van der Waals surface area contributed by atoms with Crippen molar-refractivity contribution in [2.24, 2.45) is 0 Å². The molecule has 0 bridgehead atoms. The zero-order valence-electron chi connectivity index (χ0n) is 10.4. The monoisotopic (exact) mass is 259 g/mol. The SMILES string of the molecule is CN(C(=O)COC(=O)c1ccoc1)c1ccccc1. The second-order valence-electron chi connectivity index (χ2n) is 3.88. The van der Waals surface area contributed by atoms with Crippen LogP contribution in [0, 0.1) is 0 Å². The van der Waals surface area contributed by atoms with Crippen LogP contribution in [0.25, 0.3) is 0 Å². The Bertz CT molecular complexity index is 548. The molecular formula is C14H13NO4. The summed E-state index contributed by atoms with van der Waals surface area (Å²) in [6.07, 6.45) is 2.64. The van der Waals surface area contributed by atoms with Crippen LogP contribution in [0.2, 0.25) is 0 Å². The first-order valence-corrected chi connectivity index (χ1v) is 5.69. The molecule has 0 aliphatic carbocycles. The number of ether oxygens (including phenoxy) is 1. The highest BCUT2D eigenvalue weighted by Crippen LogP contribution is 2.11. The van der Waals surface area contributed by atoms with Crippen LogP contribution >= 0.6 is 0 Å². The number of likely N-dealkylation sites (N-methyl/N-ethyl adjacent to an activating group) is 1. The fourth-order valence-electron chi connectivity index (χ4n) is 1.48. The number of furan rings is 1. The number of amides is 1. The molecule has 0 atom stereocenters. The third-order valence-corrected chi connectivity index (χ3v) is 2.60. The van der Waals surface area contributed by atoms with Gasteiger partial charge in [0.15, 0.2) is 6.61 Å². The lowest BCUT2D eigenvalue weighted by atomic mass is 10.3. The fraction of sp³-hybridized carbons (Fsp3) is 0.143. The average molecular weight is 259 g/mol. The molecular weight excluding hydrogens is 246 g/mol. The molecule has 98 valence electrons. The number of benzene rings is 1. The standard InChI is InChI=1S/C14H13NO4/c1-15(12-5-3-2-4-6-12)13(16)10-19-14(17)11-7-8-18-9-11/h2-9H,10H2,1H3. The van der Waals surface area contributed by atoms with Crippen LogP contribution in [0.5, 0.6) is 0 Å². The maximum absolute atomic E-state index is 11.8. The molecule has 0 unspecified atom stereocenters. The van der Waals surface area contributed by atoms with E-state index in [1.54, 1.807) is 19.2 Å². The van der Waals surface area contributed by atoms with Crippen molar-refractivity contribution in [3.63, 3.8) is 0 Å². The number of anilines is 1. The number of carbonyl (C=O) groups is 2. The summed E-state index contributed by atoms with van der Waals surface area (Å²) in [5.74, 6) is -0.883. The largest absolute Gasteiger partial charge is 0.472 e. The van der Waals surface area contributed by atoms with E-state index >= 15 is 0 Å². The van der Waals surface area contributed by atoms with Gasteiger partial charge in [0.2, 0.25) is 0 Å². The van der Waals surface area contributed by atoms with Gasteiger partial charge < -0.3 is 14.1 Å². The third-order valence-electron chi connectivity index (χ3n) is 2.60. The average Bonchev–Trinajstić information content (AvgIpc) is 2.98. The van der Waals surface area contributed by atoms with E-state index in [0.29, 0.717) is 0 Å². The molecule has 2 aromatic rings. The van der Waals surface area contributed by atoms with Gasteiger partial charge in [-0.15, -0.1) is 0 Å². The number of hydrogen-bond acceptors (Lipinski definition) is 4. The smallest absolute Gasteiger partial charge is 0.341 e. The van der Waals surface area contributed by atoms with Crippen molar-refractivity contribution in [2.45, 2.75) is 0 Å². The van der Waals surface area contributed by atoms with Crippen LogP contribution in [-0.2, 0) is 9.53 Å². The molecule has 2 rings (SSSR count). The first kappa shape index (κ1) is 12.9. The first-order chi connectivity index (χ1) is 9.18. The molecule has 5 nitrogen and oxygen atoms in total. The molecule has 1 heterocycles. The van der Waals surface area contributed by atoms with E-state index in [2.05, 4.69) is 0 Å². The molecule has 0 saturated heterocycles. The second-order valence-corrected chi connectivity index (χ2v) is 3.88. The van der Waals surface area contributed by atoms with Gasteiger partial charge in [0, 0.05) is 12.7 Å². The Morgan fingerprint density at radius 2 is 1.95 bits per heavy atom. The maximum atomic E-state index is 11.8. The first-order valence-electron chi connectivity index (χ1n) is 5.69. The fourth-order valence-corrected chi connectivity index (χ4v) is 1.48. The summed E-state index contributed by atoms with van der Waals surface area (Å²) in [5, 5.41) is 0.